The van der Waals surface area contributed by atoms with Gasteiger partial charge in [0.2, 0.25) is 0 Å². The van der Waals surface area contributed by atoms with Crippen LogP contribution in [0.2, 0.25) is 0 Å². The fourth-order valence-electron chi connectivity index (χ4n) is 3.72. The Balaban J connectivity index is 1.53. The number of hydrogen-bond donors (Lipinski definition) is 2. The van der Waals surface area contributed by atoms with Gasteiger partial charge in [0.05, 0.1) is 30.2 Å². The van der Waals surface area contributed by atoms with E-state index >= 15 is 0 Å². The Labute approximate surface area is 224 Å². The average Bonchev–Trinajstić information content (AvgIpc) is 3.11. The molecule has 10 heteroatoms. The van der Waals surface area contributed by atoms with Crippen LogP contribution >= 0.6 is 11.6 Å². The molecule has 4 rings (SSSR count). The van der Waals surface area contributed by atoms with Gasteiger partial charge in [-0.1, -0.05) is 35.9 Å². The molecular formula is C28H24ClN3O6. The number of esters is 1. The van der Waals surface area contributed by atoms with Crippen LogP contribution in [0, 0.1) is 0 Å². The number of benzene rings is 3. The SMILES string of the molecule is COc1ccccc1NC(=O)c1cccc(NC2=C(Cl)C(=O)N(c3cccc(C(=O)OC(C)C)c3)C2=O)c1. The van der Waals surface area contributed by atoms with Crippen molar-refractivity contribution in [2.75, 3.05) is 22.6 Å². The van der Waals surface area contributed by atoms with Crippen molar-refractivity contribution in [3.8, 4) is 5.75 Å². The van der Waals surface area contributed by atoms with Crippen molar-refractivity contribution in [1.29, 1.82) is 0 Å². The summed E-state index contributed by atoms with van der Waals surface area (Å²) in [5, 5.41) is 5.31. The maximum atomic E-state index is 13.2. The van der Waals surface area contributed by atoms with E-state index in [1.165, 1.54) is 37.4 Å². The summed E-state index contributed by atoms with van der Waals surface area (Å²) in [6.07, 6.45) is -0.333. The monoisotopic (exact) mass is 533 g/mol. The Morgan fingerprint density at radius 3 is 2.34 bits per heavy atom. The lowest BCUT2D eigenvalue weighted by Gasteiger charge is -2.16. The first-order valence-electron chi connectivity index (χ1n) is 11.6. The molecule has 38 heavy (non-hydrogen) atoms. The third-order valence-corrected chi connectivity index (χ3v) is 5.81. The maximum absolute atomic E-state index is 13.2. The van der Waals surface area contributed by atoms with Gasteiger partial charge in [0.15, 0.2) is 0 Å². The fraction of sp³-hybridized carbons (Fsp3) is 0.143. The van der Waals surface area contributed by atoms with Gasteiger partial charge in [0.25, 0.3) is 17.7 Å². The van der Waals surface area contributed by atoms with Gasteiger partial charge in [0, 0.05) is 11.3 Å². The van der Waals surface area contributed by atoms with Gasteiger partial charge < -0.3 is 20.1 Å². The molecule has 3 aromatic carbocycles. The van der Waals surface area contributed by atoms with Gasteiger partial charge in [-0.25, -0.2) is 9.69 Å². The summed E-state index contributed by atoms with van der Waals surface area (Å²) in [5.74, 6) is -1.94. The number of amides is 3. The third-order valence-electron chi connectivity index (χ3n) is 5.46. The summed E-state index contributed by atoms with van der Waals surface area (Å²) in [6.45, 7) is 3.43. The smallest absolute Gasteiger partial charge is 0.338 e. The fourth-order valence-corrected chi connectivity index (χ4v) is 3.94. The van der Waals surface area contributed by atoms with E-state index in [2.05, 4.69) is 10.6 Å². The number of halogens is 1. The summed E-state index contributed by atoms with van der Waals surface area (Å²) in [5.41, 5.74) is 1.34. The summed E-state index contributed by atoms with van der Waals surface area (Å²) in [6, 6.07) is 19.3. The number of nitrogens with one attached hydrogen (secondary N) is 2. The number of imide groups is 1. The first kappa shape index (κ1) is 26.4. The maximum Gasteiger partial charge on any atom is 0.338 e. The van der Waals surface area contributed by atoms with E-state index < -0.39 is 23.7 Å². The second-order valence-corrected chi connectivity index (χ2v) is 8.88. The molecule has 1 heterocycles. The molecule has 0 radical (unpaired) electrons. The molecule has 0 atom stereocenters. The number of carbonyl (C=O) groups is 4. The van der Waals surface area contributed by atoms with Gasteiger partial charge >= 0.3 is 5.97 Å². The van der Waals surface area contributed by atoms with Crippen LogP contribution in [0.25, 0.3) is 0 Å². The van der Waals surface area contributed by atoms with Gasteiger partial charge in [-0.2, -0.15) is 0 Å². The van der Waals surface area contributed by atoms with Gasteiger partial charge in [-0.3, -0.25) is 14.4 Å². The number of methoxy groups -OCH3 is 1. The molecule has 1 aliphatic heterocycles. The topological polar surface area (TPSA) is 114 Å². The van der Waals surface area contributed by atoms with Crippen LogP contribution in [0.3, 0.4) is 0 Å². The minimum atomic E-state index is -0.751. The van der Waals surface area contributed by atoms with E-state index in [1.807, 2.05) is 0 Å². The highest BCUT2D eigenvalue weighted by Gasteiger charge is 2.39. The third kappa shape index (κ3) is 5.52. The lowest BCUT2D eigenvalue weighted by molar-refractivity contribution is -0.120. The zero-order valence-corrected chi connectivity index (χ0v) is 21.5. The Bertz CT molecular complexity index is 1470. The molecule has 0 saturated carbocycles. The Morgan fingerprint density at radius 1 is 0.895 bits per heavy atom. The van der Waals surface area contributed by atoms with Crippen molar-refractivity contribution in [2.24, 2.45) is 0 Å². The average molecular weight is 534 g/mol. The molecule has 0 aromatic heterocycles. The van der Waals surface area contributed by atoms with Crippen LogP contribution in [-0.2, 0) is 14.3 Å². The van der Waals surface area contributed by atoms with Crippen LogP contribution in [0.4, 0.5) is 17.1 Å². The minimum absolute atomic E-state index is 0.158. The first-order valence-corrected chi connectivity index (χ1v) is 12.0. The zero-order valence-electron chi connectivity index (χ0n) is 20.8. The van der Waals surface area contributed by atoms with E-state index in [0.717, 1.165) is 4.90 Å². The molecule has 0 spiro atoms. The largest absolute Gasteiger partial charge is 0.495 e. The van der Waals surface area contributed by atoms with Crippen molar-refractivity contribution in [3.05, 3.63) is 94.7 Å². The Hall–Kier alpha value is -4.63. The Morgan fingerprint density at radius 2 is 1.61 bits per heavy atom. The number of anilines is 3. The molecule has 9 nitrogen and oxygen atoms in total. The van der Waals surface area contributed by atoms with Gasteiger partial charge in [-0.05, 0) is 62.4 Å². The molecule has 2 N–H and O–H groups in total. The standard InChI is InChI=1S/C28H24ClN3O6/c1-16(2)38-28(36)18-9-7-11-20(15-18)32-26(34)23(29)24(27(32)35)30-19-10-6-8-17(14-19)25(33)31-21-12-4-5-13-22(21)37-3/h4-16,30H,1-3H3,(H,31,33). The molecule has 3 amide bonds. The molecule has 1 aliphatic rings. The second-order valence-electron chi connectivity index (χ2n) is 8.50. The first-order chi connectivity index (χ1) is 18.2. The van der Waals surface area contributed by atoms with Crippen LogP contribution in [-0.4, -0.2) is 36.9 Å². The number of carbonyl (C=O) groups excluding carboxylic acids is 4. The molecular weight excluding hydrogens is 510 g/mol. The normalized spacial score (nSPS) is 13.1. The molecule has 0 fully saturated rings. The molecule has 194 valence electrons. The van der Waals surface area contributed by atoms with Crippen molar-refractivity contribution < 1.29 is 28.7 Å². The van der Waals surface area contributed by atoms with Crippen LogP contribution in [0.15, 0.2) is 83.5 Å². The summed E-state index contributed by atoms with van der Waals surface area (Å²) in [4.78, 5) is 52.1. The zero-order chi connectivity index (χ0) is 27.4. The second kappa shape index (κ2) is 11.2. The lowest BCUT2D eigenvalue weighted by atomic mass is 10.1. The molecule has 3 aromatic rings. The minimum Gasteiger partial charge on any atom is -0.495 e. The lowest BCUT2D eigenvalue weighted by Crippen LogP contribution is -2.32. The summed E-state index contributed by atoms with van der Waals surface area (Å²) >= 11 is 6.25. The van der Waals surface area contributed by atoms with Gasteiger partial charge in [-0.15, -0.1) is 0 Å². The van der Waals surface area contributed by atoms with Crippen LogP contribution < -0.4 is 20.3 Å². The van der Waals surface area contributed by atoms with Crippen LogP contribution in [0.5, 0.6) is 5.75 Å². The highest BCUT2D eigenvalue weighted by molar-refractivity contribution is 6.53. The predicted octanol–water partition coefficient (Wildman–Crippen LogP) is 4.95. The highest BCUT2D eigenvalue weighted by Crippen LogP contribution is 2.31. The number of nitrogens with zero attached hydrogens (tertiary/aromatic N) is 1. The molecule has 0 aliphatic carbocycles. The predicted molar refractivity (Wildman–Crippen MR) is 143 cm³/mol. The molecule has 0 unspecified atom stereocenters. The van der Waals surface area contributed by atoms with E-state index in [1.54, 1.807) is 56.3 Å². The number of ether oxygens (including phenoxy) is 2. The van der Waals surface area contributed by atoms with E-state index in [0.29, 0.717) is 22.7 Å². The summed E-state index contributed by atoms with van der Waals surface area (Å²) in [7, 11) is 1.50. The van der Waals surface area contributed by atoms with E-state index in [-0.39, 0.29) is 28.1 Å². The van der Waals surface area contributed by atoms with Crippen molar-refractivity contribution in [1.82, 2.24) is 0 Å². The van der Waals surface area contributed by atoms with Crippen LogP contribution in [0.1, 0.15) is 34.6 Å². The molecule has 0 bridgehead atoms. The highest BCUT2D eigenvalue weighted by atomic mass is 35.5. The number of rotatable bonds is 8. The number of para-hydroxylation sites is 2. The van der Waals surface area contributed by atoms with E-state index in [4.69, 9.17) is 21.1 Å². The van der Waals surface area contributed by atoms with Crippen molar-refractivity contribution in [2.45, 2.75) is 20.0 Å². The summed E-state index contributed by atoms with van der Waals surface area (Å²) < 4.78 is 10.5. The van der Waals surface area contributed by atoms with E-state index in [9.17, 15) is 19.2 Å². The quantitative estimate of drug-likeness (QED) is 0.311. The number of hydrogen-bond acceptors (Lipinski definition) is 7. The van der Waals surface area contributed by atoms with Crippen molar-refractivity contribution >= 4 is 52.4 Å². The molecule has 0 saturated heterocycles. The Kier molecular flexibility index (Phi) is 7.78. The van der Waals surface area contributed by atoms with Gasteiger partial charge in [0.1, 0.15) is 16.5 Å². The van der Waals surface area contributed by atoms with Crippen molar-refractivity contribution in [3.63, 3.8) is 0 Å².